The van der Waals surface area contributed by atoms with Crippen LogP contribution in [-0.4, -0.2) is 23.7 Å². The molecule has 1 fully saturated rings. The Morgan fingerprint density at radius 2 is 2.25 bits per heavy atom. The smallest absolute Gasteiger partial charge is 0.251 e. The lowest BCUT2D eigenvalue weighted by atomic mass is 9.82. The lowest BCUT2D eigenvalue weighted by Crippen LogP contribution is -2.38. The molecule has 0 aliphatic heterocycles. The van der Waals surface area contributed by atoms with Gasteiger partial charge in [0.2, 0.25) is 0 Å². The maximum absolute atomic E-state index is 11.7. The molecule has 1 aromatic carbocycles. The van der Waals surface area contributed by atoms with Crippen LogP contribution in [0.25, 0.3) is 0 Å². The quantitative estimate of drug-likeness (QED) is 0.809. The molecule has 0 atom stereocenters. The average Bonchev–Trinajstić information content (AvgIpc) is 2.22. The van der Waals surface area contributed by atoms with Gasteiger partial charge in [-0.2, -0.15) is 0 Å². The number of aliphatic hydroxyl groups is 1. The van der Waals surface area contributed by atoms with Crippen molar-refractivity contribution in [2.24, 2.45) is 5.92 Å². The first-order chi connectivity index (χ1) is 7.65. The van der Waals surface area contributed by atoms with E-state index in [1.807, 2.05) is 31.2 Å². The molecule has 3 nitrogen and oxygen atoms in total. The van der Waals surface area contributed by atoms with Crippen LogP contribution in [0.3, 0.4) is 0 Å². The summed E-state index contributed by atoms with van der Waals surface area (Å²) in [5.41, 5.74) is 1.80. The maximum atomic E-state index is 11.7. The normalized spacial score (nSPS) is 23.6. The van der Waals surface area contributed by atoms with Crippen LogP contribution in [0.5, 0.6) is 0 Å². The summed E-state index contributed by atoms with van der Waals surface area (Å²) in [7, 11) is 0. The molecule has 0 heterocycles. The highest BCUT2D eigenvalue weighted by molar-refractivity contribution is 5.94. The first-order valence-electron chi connectivity index (χ1n) is 5.68. The summed E-state index contributed by atoms with van der Waals surface area (Å²) in [6.45, 7) is 2.64. The van der Waals surface area contributed by atoms with E-state index in [1.165, 1.54) is 0 Å². The van der Waals surface area contributed by atoms with Crippen LogP contribution in [-0.2, 0) is 0 Å². The number of carbonyl (C=O) groups excluding carboxylic acids is 1. The molecule has 0 aromatic heterocycles. The third-order valence-corrected chi connectivity index (χ3v) is 3.04. The minimum atomic E-state index is -0.152. The molecular formula is C13H17NO2. The van der Waals surface area contributed by atoms with Crippen molar-refractivity contribution in [3.05, 3.63) is 35.4 Å². The van der Waals surface area contributed by atoms with Crippen molar-refractivity contribution in [2.45, 2.75) is 25.9 Å². The summed E-state index contributed by atoms with van der Waals surface area (Å²) in [5.74, 6) is 0.425. The SMILES string of the molecule is Cc1cccc(C(=O)NCC2CC(O)C2)c1. The van der Waals surface area contributed by atoms with Gasteiger partial charge in [0.25, 0.3) is 5.91 Å². The summed E-state index contributed by atoms with van der Waals surface area (Å²) in [5, 5.41) is 12.0. The third kappa shape index (κ3) is 2.61. The second-order valence-corrected chi connectivity index (χ2v) is 4.57. The number of aliphatic hydroxyl groups excluding tert-OH is 1. The zero-order chi connectivity index (χ0) is 11.5. The van der Waals surface area contributed by atoms with Gasteiger partial charge in [-0.15, -0.1) is 0 Å². The molecule has 1 aliphatic rings. The summed E-state index contributed by atoms with van der Waals surface area (Å²) in [6, 6.07) is 7.55. The Morgan fingerprint density at radius 1 is 1.50 bits per heavy atom. The van der Waals surface area contributed by atoms with Crippen molar-refractivity contribution < 1.29 is 9.90 Å². The third-order valence-electron chi connectivity index (χ3n) is 3.04. The van der Waals surface area contributed by atoms with E-state index in [0.717, 1.165) is 18.4 Å². The van der Waals surface area contributed by atoms with Crippen molar-refractivity contribution in [3.8, 4) is 0 Å². The molecule has 0 radical (unpaired) electrons. The van der Waals surface area contributed by atoms with Crippen LogP contribution in [0, 0.1) is 12.8 Å². The highest BCUT2D eigenvalue weighted by atomic mass is 16.3. The fraction of sp³-hybridized carbons (Fsp3) is 0.462. The lowest BCUT2D eigenvalue weighted by molar-refractivity contribution is 0.0420. The van der Waals surface area contributed by atoms with Gasteiger partial charge in [0.05, 0.1) is 6.10 Å². The van der Waals surface area contributed by atoms with Gasteiger partial charge >= 0.3 is 0 Å². The zero-order valence-corrected chi connectivity index (χ0v) is 9.44. The van der Waals surface area contributed by atoms with Gasteiger partial charge in [-0.1, -0.05) is 17.7 Å². The molecule has 0 unspecified atom stereocenters. The minimum absolute atomic E-state index is 0.0231. The number of hydrogen-bond acceptors (Lipinski definition) is 2. The molecular weight excluding hydrogens is 202 g/mol. The molecule has 0 spiro atoms. The van der Waals surface area contributed by atoms with E-state index in [-0.39, 0.29) is 12.0 Å². The fourth-order valence-corrected chi connectivity index (χ4v) is 1.99. The molecule has 3 heteroatoms. The topological polar surface area (TPSA) is 49.3 Å². The molecule has 2 rings (SSSR count). The van der Waals surface area contributed by atoms with Gasteiger partial charge in [-0.25, -0.2) is 0 Å². The Hall–Kier alpha value is -1.35. The highest BCUT2D eigenvalue weighted by Gasteiger charge is 2.27. The minimum Gasteiger partial charge on any atom is -0.393 e. The molecule has 0 saturated heterocycles. The van der Waals surface area contributed by atoms with Crippen LogP contribution in [0.4, 0.5) is 0 Å². The first kappa shape index (κ1) is 11.1. The number of rotatable bonds is 3. The van der Waals surface area contributed by atoms with Crippen molar-refractivity contribution in [1.82, 2.24) is 5.32 Å². The lowest BCUT2D eigenvalue weighted by Gasteiger charge is -2.31. The Morgan fingerprint density at radius 3 is 2.88 bits per heavy atom. The number of benzene rings is 1. The van der Waals surface area contributed by atoms with Gasteiger partial charge in [-0.3, -0.25) is 4.79 Å². The second kappa shape index (κ2) is 4.66. The van der Waals surface area contributed by atoms with Crippen molar-refractivity contribution in [1.29, 1.82) is 0 Å². The van der Waals surface area contributed by atoms with E-state index in [0.29, 0.717) is 18.0 Å². The number of carbonyl (C=O) groups is 1. The fourth-order valence-electron chi connectivity index (χ4n) is 1.99. The summed E-state index contributed by atoms with van der Waals surface area (Å²) in [6.07, 6.45) is 1.48. The summed E-state index contributed by atoms with van der Waals surface area (Å²) < 4.78 is 0. The average molecular weight is 219 g/mol. The van der Waals surface area contributed by atoms with Crippen LogP contribution < -0.4 is 5.32 Å². The van der Waals surface area contributed by atoms with Crippen LogP contribution in [0.2, 0.25) is 0 Å². The van der Waals surface area contributed by atoms with E-state index in [1.54, 1.807) is 0 Å². The number of amides is 1. The Balaban J connectivity index is 1.84. The largest absolute Gasteiger partial charge is 0.393 e. The summed E-state index contributed by atoms with van der Waals surface area (Å²) in [4.78, 5) is 11.7. The molecule has 1 aromatic rings. The van der Waals surface area contributed by atoms with Gasteiger partial charge in [0, 0.05) is 12.1 Å². The van der Waals surface area contributed by atoms with E-state index in [4.69, 9.17) is 5.11 Å². The van der Waals surface area contributed by atoms with E-state index in [9.17, 15) is 4.79 Å². The Labute approximate surface area is 95.5 Å². The number of hydrogen-bond donors (Lipinski definition) is 2. The molecule has 86 valence electrons. The van der Waals surface area contributed by atoms with E-state index < -0.39 is 0 Å². The van der Waals surface area contributed by atoms with Gasteiger partial charge in [0.15, 0.2) is 0 Å². The van der Waals surface area contributed by atoms with Gasteiger partial charge in [0.1, 0.15) is 0 Å². The Kier molecular flexibility index (Phi) is 3.25. The predicted octanol–water partition coefficient (Wildman–Crippen LogP) is 1.50. The van der Waals surface area contributed by atoms with E-state index >= 15 is 0 Å². The summed E-state index contributed by atoms with van der Waals surface area (Å²) >= 11 is 0. The maximum Gasteiger partial charge on any atom is 0.251 e. The van der Waals surface area contributed by atoms with Crippen LogP contribution >= 0.6 is 0 Å². The number of aryl methyl sites for hydroxylation is 1. The van der Waals surface area contributed by atoms with Crippen LogP contribution in [0.1, 0.15) is 28.8 Å². The highest BCUT2D eigenvalue weighted by Crippen LogP contribution is 2.26. The zero-order valence-electron chi connectivity index (χ0n) is 9.44. The predicted molar refractivity (Wildman–Crippen MR) is 62.2 cm³/mol. The molecule has 2 N–H and O–H groups in total. The van der Waals surface area contributed by atoms with Gasteiger partial charge < -0.3 is 10.4 Å². The molecule has 0 bridgehead atoms. The first-order valence-corrected chi connectivity index (χ1v) is 5.68. The molecule has 1 saturated carbocycles. The molecule has 16 heavy (non-hydrogen) atoms. The number of nitrogens with one attached hydrogen (secondary N) is 1. The Bertz CT molecular complexity index is 383. The van der Waals surface area contributed by atoms with Gasteiger partial charge in [-0.05, 0) is 37.8 Å². The molecule has 1 aliphatic carbocycles. The van der Waals surface area contributed by atoms with Crippen molar-refractivity contribution >= 4 is 5.91 Å². The monoisotopic (exact) mass is 219 g/mol. The van der Waals surface area contributed by atoms with Crippen molar-refractivity contribution in [3.63, 3.8) is 0 Å². The molecule has 1 amide bonds. The standard InChI is InChI=1S/C13H17NO2/c1-9-3-2-4-11(5-9)13(16)14-8-10-6-12(15)7-10/h2-5,10,12,15H,6-8H2,1H3,(H,14,16). The second-order valence-electron chi connectivity index (χ2n) is 4.57. The van der Waals surface area contributed by atoms with Crippen LogP contribution in [0.15, 0.2) is 24.3 Å². The van der Waals surface area contributed by atoms with E-state index in [2.05, 4.69) is 5.32 Å². The van der Waals surface area contributed by atoms with Crippen molar-refractivity contribution in [2.75, 3.05) is 6.54 Å².